The van der Waals surface area contributed by atoms with E-state index >= 15 is 0 Å². The normalized spacial score (nSPS) is 10.6. The zero-order valence-corrected chi connectivity index (χ0v) is 9.56. The predicted molar refractivity (Wildman–Crippen MR) is 65.7 cm³/mol. The van der Waals surface area contributed by atoms with Crippen molar-refractivity contribution in [3.8, 4) is 5.69 Å². The number of nitrogens with zero attached hydrogens (tertiary/aromatic N) is 2. The smallest absolute Gasteiger partial charge is 0.0648 e. The predicted octanol–water partition coefficient (Wildman–Crippen LogP) is 1.94. The van der Waals surface area contributed by atoms with Crippen LogP contribution in [0.5, 0.6) is 0 Å². The molecule has 0 bridgehead atoms. The fraction of sp³-hybridized carbons (Fsp3) is 0.308. The van der Waals surface area contributed by atoms with Crippen LogP contribution >= 0.6 is 0 Å². The summed E-state index contributed by atoms with van der Waals surface area (Å²) in [5, 5.41) is 4.44. The Morgan fingerprint density at radius 2 is 2.00 bits per heavy atom. The highest BCUT2D eigenvalue weighted by molar-refractivity contribution is 5.35. The van der Waals surface area contributed by atoms with Crippen molar-refractivity contribution in [2.75, 3.05) is 6.54 Å². The Hall–Kier alpha value is -1.61. The molecular formula is C13H17N3. The van der Waals surface area contributed by atoms with Gasteiger partial charge in [0.05, 0.1) is 11.9 Å². The SMILES string of the molecule is CCc1cnn(-c2ccccc2)c1CCN. The van der Waals surface area contributed by atoms with Gasteiger partial charge in [0.1, 0.15) is 0 Å². The van der Waals surface area contributed by atoms with Crippen LogP contribution in [-0.4, -0.2) is 16.3 Å². The van der Waals surface area contributed by atoms with Gasteiger partial charge in [0, 0.05) is 12.1 Å². The van der Waals surface area contributed by atoms with Crippen LogP contribution in [-0.2, 0) is 12.8 Å². The van der Waals surface area contributed by atoms with Crippen molar-refractivity contribution < 1.29 is 0 Å². The molecule has 1 heterocycles. The number of para-hydroxylation sites is 1. The number of rotatable bonds is 4. The van der Waals surface area contributed by atoms with Crippen LogP contribution in [0.25, 0.3) is 5.69 Å². The van der Waals surface area contributed by atoms with Gasteiger partial charge in [-0.25, -0.2) is 4.68 Å². The van der Waals surface area contributed by atoms with Crippen molar-refractivity contribution in [1.29, 1.82) is 0 Å². The van der Waals surface area contributed by atoms with Crippen molar-refractivity contribution in [2.45, 2.75) is 19.8 Å². The Balaban J connectivity index is 2.44. The van der Waals surface area contributed by atoms with Crippen molar-refractivity contribution in [2.24, 2.45) is 5.73 Å². The van der Waals surface area contributed by atoms with Crippen LogP contribution in [0.15, 0.2) is 36.5 Å². The Labute approximate surface area is 95.9 Å². The van der Waals surface area contributed by atoms with Crippen LogP contribution < -0.4 is 5.73 Å². The average molecular weight is 215 g/mol. The van der Waals surface area contributed by atoms with Gasteiger partial charge in [-0.2, -0.15) is 5.10 Å². The Morgan fingerprint density at radius 3 is 2.62 bits per heavy atom. The van der Waals surface area contributed by atoms with Crippen LogP contribution in [0, 0.1) is 0 Å². The maximum Gasteiger partial charge on any atom is 0.0648 e. The largest absolute Gasteiger partial charge is 0.330 e. The summed E-state index contributed by atoms with van der Waals surface area (Å²) in [6, 6.07) is 10.2. The second-order valence-corrected chi connectivity index (χ2v) is 3.76. The lowest BCUT2D eigenvalue weighted by molar-refractivity contribution is 0.784. The zero-order valence-electron chi connectivity index (χ0n) is 9.56. The molecule has 2 rings (SSSR count). The molecule has 3 nitrogen and oxygen atoms in total. The molecule has 1 aromatic heterocycles. The second-order valence-electron chi connectivity index (χ2n) is 3.76. The number of benzene rings is 1. The number of hydrogen-bond donors (Lipinski definition) is 1. The molecule has 3 heteroatoms. The quantitative estimate of drug-likeness (QED) is 0.847. The van der Waals surface area contributed by atoms with Gasteiger partial charge in [0.2, 0.25) is 0 Å². The van der Waals surface area contributed by atoms with E-state index in [4.69, 9.17) is 5.73 Å². The van der Waals surface area contributed by atoms with E-state index in [1.165, 1.54) is 11.3 Å². The van der Waals surface area contributed by atoms with Gasteiger partial charge in [-0.1, -0.05) is 25.1 Å². The minimum atomic E-state index is 0.658. The fourth-order valence-electron chi connectivity index (χ4n) is 1.90. The Kier molecular flexibility index (Phi) is 3.37. The molecule has 0 saturated carbocycles. The van der Waals surface area contributed by atoms with Crippen LogP contribution in [0.4, 0.5) is 0 Å². The lowest BCUT2D eigenvalue weighted by Crippen LogP contribution is -2.10. The third kappa shape index (κ3) is 1.99. The lowest BCUT2D eigenvalue weighted by atomic mass is 10.1. The number of nitrogens with two attached hydrogens (primary N) is 1. The standard InChI is InChI=1S/C13H17N3/c1-2-11-10-15-16(13(11)8-9-14)12-6-4-3-5-7-12/h3-7,10H,2,8-9,14H2,1H3. The van der Waals surface area contributed by atoms with Crippen LogP contribution in [0.1, 0.15) is 18.2 Å². The van der Waals surface area contributed by atoms with Gasteiger partial charge in [-0.05, 0) is 30.7 Å². The summed E-state index contributed by atoms with van der Waals surface area (Å²) in [5.41, 5.74) is 9.27. The molecule has 84 valence electrons. The molecule has 0 unspecified atom stereocenters. The molecule has 0 saturated heterocycles. The number of hydrogen-bond acceptors (Lipinski definition) is 2. The van der Waals surface area contributed by atoms with E-state index in [-0.39, 0.29) is 0 Å². The lowest BCUT2D eigenvalue weighted by Gasteiger charge is -2.07. The summed E-state index contributed by atoms with van der Waals surface area (Å²) in [6.07, 6.45) is 3.82. The molecule has 0 aliphatic rings. The van der Waals surface area contributed by atoms with E-state index in [0.29, 0.717) is 6.54 Å². The van der Waals surface area contributed by atoms with Crippen molar-refractivity contribution >= 4 is 0 Å². The highest BCUT2D eigenvalue weighted by atomic mass is 15.3. The zero-order chi connectivity index (χ0) is 11.4. The molecular weight excluding hydrogens is 198 g/mol. The molecule has 1 aromatic carbocycles. The highest BCUT2D eigenvalue weighted by Crippen LogP contribution is 2.15. The van der Waals surface area contributed by atoms with E-state index in [9.17, 15) is 0 Å². The average Bonchev–Trinajstić information content (AvgIpc) is 2.74. The van der Waals surface area contributed by atoms with E-state index in [2.05, 4.69) is 24.2 Å². The fourth-order valence-corrected chi connectivity index (χ4v) is 1.90. The summed E-state index contributed by atoms with van der Waals surface area (Å²) in [4.78, 5) is 0. The van der Waals surface area contributed by atoms with Crippen LogP contribution in [0.3, 0.4) is 0 Å². The number of aromatic nitrogens is 2. The Morgan fingerprint density at radius 1 is 1.25 bits per heavy atom. The summed E-state index contributed by atoms with van der Waals surface area (Å²) in [5.74, 6) is 0. The molecule has 0 radical (unpaired) electrons. The van der Waals surface area contributed by atoms with E-state index in [0.717, 1.165) is 18.5 Å². The second kappa shape index (κ2) is 4.94. The molecule has 0 spiro atoms. The van der Waals surface area contributed by atoms with Gasteiger partial charge >= 0.3 is 0 Å². The first-order chi connectivity index (χ1) is 7.86. The first-order valence-electron chi connectivity index (χ1n) is 5.68. The summed E-state index contributed by atoms with van der Waals surface area (Å²) in [6.45, 7) is 2.80. The van der Waals surface area contributed by atoms with Crippen molar-refractivity contribution in [1.82, 2.24) is 9.78 Å². The number of aryl methyl sites for hydroxylation is 1. The first-order valence-corrected chi connectivity index (χ1v) is 5.68. The molecule has 2 N–H and O–H groups in total. The van der Waals surface area contributed by atoms with Crippen molar-refractivity contribution in [3.05, 3.63) is 47.8 Å². The highest BCUT2D eigenvalue weighted by Gasteiger charge is 2.09. The maximum absolute atomic E-state index is 5.65. The van der Waals surface area contributed by atoms with E-state index in [1.54, 1.807) is 0 Å². The topological polar surface area (TPSA) is 43.8 Å². The molecule has 0 atom stereocenters. The Bertz CT molecular complexity index is 445. The third-order valence-corrected chi connectivity index (χ3v) is 2.72. The van der Waals surface area contributed by atoms with Gasteiger partial charge in [0.25, 0.3) is 0 Å². The van der Waals surface area contributed by atoms with Gasteiger partial charge in [-0.15, -0.1) is 0 Å². The summed E-state index contributed by atoms with van der Waals surface area (Å²) < 4.78 is 1.99. The summed E-state index contributed by atoms with van der Waals surface area (Å²) >= 11 is 0. The maximum atomic E-state index is 5.65. The molecule has 0 aliphatic heterocycles. The third-order valence-electron chi connectivity index (χ3n) is 2.72. The summed E-state index contributed by atoms with van der Waals surface area (Å²) in [7, 11) is 0. The molecule has 2 aromatic rings. The minimum absolute atomic E-state index is 0.658. The van der Waals surface area contributed by atoms with Crippen molar-refractivity contribution in [3.63, 3.8) is 0 Å². The van der Waals surface area contributed by atoms with E-state index in [1.807, 2.05) is 29.1 Å². The molecule has 0 fully saturated rings. The van der Waals surface area contributed by atoms with Gasteiger partial charge in [0.15, 0.2) is 0 Å². The van der Waals surface area contributed by atoms with Gasteiger partial charge < -0.3 is 5.73 Å². The molecule has 0 aliphatic carbocycles. The van der Waals surface area contributed by atoms with E-state index < -0.39 is 0 Å². The molecule has 16 heavy (non-hydrogen) atoms. The van der Waals surface area contributed by atoms with Gasteiger partial charge in [-0.3, -0.25) is 0 Å². The first kappa shape index (κ1) is 10.9. The minimum Gasteiger partial charge on any atom is -0.330 e. The monoisotopic (exact) mass is 215 g/mol. The molecule has 0 amide bonds. The van der Waals surface area contributed by atoms with Crippen LogP contribution in [0.2, 0.25) is 0 Å².